The molecule has 1 N–H and O–H groups in total. The molecule has 0 atom stereocenters. The third-order valence-electron chi connectivity index (χ3n) is 2.17. The molecule has 15 heavy (non-hydrogen) atoms. The molecule has 86 valence electrons. The summed E-state index contributed by atoms with van der Waals surface area (Å²) in [6, 6.07) is 0. The number of hydrogen-bond donors (Lipinski definition) is 1. The normalized spacial score (nSPS) is 10.9. The minimum atomic E-state index is 0.759. The van der Waals surface area contributed by atoms with Crippen molar-refractivity contribution in [3.05, 3.63) is 15.6 Å². The van der Waals surface area contributed by atoms with Gasteiger partial charge in [-0.3, -0.25) is 0 Å². The first kappa shape index (κ1) is 12.6. The third kappa shape index (κ3) is 4.28. The Labute approximate surface area is 95.9 Å². The average Bonchev–Trinajstić information content (AvgIpc) is 2.57. The molecule has 0 spiro atoms. The molecule has 0 bridgehead atoms. The number of thiazole rings is 1. The van der Waals surface area contributed by atoms with Gasteiger partial charge in [0.15, 0.2) is 0 Å². The van der Waals surface area contributed by atoms with Gasteiger partial charge in [-0.25, -0.2) is 4.98 Å². The van der Waals surface area contributed by atoms with E-state index in [-0.39, 0.29) is 0 Å². The summed E-state index contributed by atoms with van der Waals surface area (Å²) in [6.45, 7) is 7.04. The van der Waals surface area contributed by atoms with Gasteiger partial charge in [-0.1, -0.05) is 6.92 Å². The Bertz CT molecular complexity index is 286. The lowest BCUT2D eigenvalue weighted by Crippen LogP contribution is -2.13. The van der Waals surface area contributed by atoms with Gasteiger partial charge in [0, 0.05) is 25.0 Å². The molecule has 1 aromatic rings. The zero-order chi connectivity index (χ0) is 11.1. The van der Waals surface area contributed by atoms with E-state index in [0.717, 1.165) is 31.8 Å². The molecule has 0 unspecified atom stereocenters. The van der Waals surface area contributed by atoms with E-state index in [0.29, 0.717) is 0 Å². The lowest BCUT2D eigenvalue weighted by atomic mass is 10.4. The van der Waals surface area contributed by atoms with Crippen molar-refractivity contribution < 1.29 is 4.74 Å². The fraction of sp³-hybridized carbons (Fsp3) is 0.727. The van der Waals surface area contributed by atoms with Crippen LogP contribution in [-0.4, -0.2) is 25.2 Å². The van der Waals surface area contributed by atoms with Crippen LogP contribution in [0.4, 0.5) is 0 Å². The predicted molar refractivity (Wildman–Crippen MR) is 64.4 cm³/mol. The zero-order valence-electron chi connectivity index (χ0n) is 9.80. The zero-order valence-corrected chi connectivity index (χ0v) is 10.6. The van der Waals surface area contributed by atoms with Crippen molar-refractivity contribution >= 4 is 11.3 Å². The molecule has 3 nitrogen and oxygen atoms in total. The minimum Gasteiger partial charge on any atom is -0.384 e. The van der Waals surface area contributed by atoms with E-state index in [2.05, 4.69) is 24.1 Å². The Morgan fingerprint density at radius 2 is 2.27 bits per heavy atom. The number of hydrogen-bond acceptors (Lipinski definition) is 4. The largest absolute Gasteiger partial charge is 0.384 e. The molecule has 0 aromatic carbocycles. The van der Waals surface area contributed by atoms with E-state index in [1.165, 1.54) is 16.3 Å². The van der Waals surface area contributed by atoms with Crippen LogP contribution in [-0.2, 0) is 17.7 Å². The Kier molecular flexibility index (Phi) is 5.83. The van der Waals surface area contributed by atoms with Crippen LogP contribution in [0.2, 0.25) is 0 Å². The Balaban J connectivity index is 2.45. The van der Waals surface area contributed by atoms with Crippen LogP contribution in [0.15, 0.2) is 0 Å². The Morgan fingerprint density at radius 3 is 2.93 bits per heavy atom. The van der Waals surface area contributed by atoms with Crippen LogP contribution in [0.1, 0.15) is 28.9 Å². The van der Waals surface area contributed by atoms with E-state index in [1.807, 2.05) is 0 Å². The molecule has 1 aromatic heterocycles. The summed E-state index contributed by atoms with van der Waals surface area (Å²) in [5, 5.41) is 4.58. The molecule has 4 heteroatoms. The Morgan fingerprint density at radius 1 is 1.47 bits per heavy atom. The van der Waals surface area contributed by atoms with Crippen LogP contribution in [0.25, 0.3) is 0 Å². The highest BCUT2D eigenvalue weighted by atomic mass is 32.1. The summed E-state index contributed by atoms with van der Waals surface area (Å²) < 4.78 is 5.04. The summed E-state index contributed by atoms with van der Waals surface area (Å²) in [7, 11) is 1.73. The van der Waals surface area contributed by atoms with E-state index in [4.69, 9.17) is 4.74 Å². The fourth-order valence-corrected chi connectivity index (χ4v) is 2.35. The number of rotatable bonds is 7. The molecular formula is C11H20N2OS. The van der Waals surface area contributed by atoms with Gasteiger partial charge in [0.1, 0.15) is 0 Å². The molecule has 1 rings (SSSR count). The van der Waals surface area contributed by atoms with Crippen molar-refractivity contribution in [2.24, 2.45) is 0 Å². The molecule has 0 amide bonds. The maximum atomic E-state index is 5.04. The van der Waals surface area contributed by atoms with Crippen molar-refractivity contribution in [2.45, 2.75) is 33.2 Å². The van der Waals surface area contributed by atoms with Gasteiger partial charge in [0.2, 0.25) is 0 Å². The lowest BCUT2D eigenvalue weighted by Gasteiger charge is -1.99. The number of methoxy groups -OCH3 is 1. The highest BCUT2D eigenvalue weighted by Gasteiger charge is 2.06. The molecule has 0 saturated carbocycles. The van der Waals surface area contributed by atoms with Gasteiger partial charge >= 0.3 is 0 Å². The van der Waals surface area contributed by atoms with E-state index < -0.39 is 0 Å². The minimum absolute atomic E-state index is 0.759. The second-order valence-corrected chi connectivity index (χ2v) is 4.70. The van der Waals surface area contributed by atoms with Crippen molar-refractivity contribution in [3.8, 4) is 0 Å². The molecular weight excluding hydrogens is 208 g/mol. The molecule has 1 heterocycles. The number of ether oxygens (including phenoxy) is 1. The quantitative estimate of drug-likeness (QED) is 0.726. The van der Waals surface area contributed by atoms with Crippen LogP contribution in [0, 0.1) is 6.92 Å². The predicted octanol–water partition coefficient (Wildman–Crippen LogP) is 2.14. The molecule has 0 aliphatic carbocycles. The van der Waals surface area contributed by atoms with E-state index >= 15 is 0 Å². The summed E-state index contributed by atoms with van der Waals surface area (Å²) in [6.07, 6.45) is 2.10. The lowest BCUT2D eigenvalue weighted by molar-refractivity contribution is 0.202. The van der Waals surface area contributed by atoms with E-state index in [1.54, 1.807) is 18.4 Å². The van der Waals surface area contributed by atoms with Crippen LogP contribution >= 0.6 is 11.3 Å². The first-order valence-corrected chi connectivity index (χ1v) is 6.24. The molecule has 0 saturated heterocycles. The van der Waals surface area contributed by atoms with Crippen LogP contribution < -0.4 is 5.32 Å². The van der Waals surface area contributed by atoms with Crippen molar-refractivity contribution in [1.29, 1.82) is 0 Å². The van der Waals surface area contributed by atoms with Crippen LogP contribution in [0.5, 0.6) is 0 Å². The molecule has 0 fully saturated rings. The highest BCUT2D eigenvalue weighted by Crippen LogP contribution is 2.18. The van der Waals surface area contributed by atoms with Gasteiger partial charge < -0.3 is 10.1 Å². The van der Waals surface area contributed by atoms with Crippen LogP contribution in [0.3, 0.4) is 0 Å². The topological polar surface area (TPSA) is 34.1 Å². The number of aryl methyl sites for hydroxylation is 1. The summed E-state index contributed by atoms with van der Waals surface area (Å²) in [5.74, 6) is 0. The molecule has 0 aliphatic heterocycles. The van der Waals surface area contributed by atoms with Crippen molar-refractivity contribution in [3.63, 3.8) is 0 Å². The smallest absolute Gasteiger partial charge is 0.0954 e. The molecule has 0 radical (unpaired) electrons. The monoisotopic (exact) mass is 228 g/mol. The number of nitrogens with one attached hydrogen (secondary N) is 1. The standard InChI is InChI=1S/C11H20N2OS/c1-4-6-12-8-10-9(2)13-11(15-10)5-7-14-3/h12H,4-8H2,1-3H3. The van der Waals surface area contributed by atoms with Gasteiger partial charge in [-0.05, 0) is 19.9 Å². The van der Waals surface area contributed by atoms with E-state index in [9.17, 15) is 0 Å². The second-order valence-electron chi connectivity index (χ2n) is 3.54. The highest BCUT2D eigenvalue weighted by molar-refractivity contribution is 7.11. The van der Waals surface area contributed by atoms with Gasteiger partial charge in [-0.15, -0.1) is 11.3 Å². The number of nitrogens with zero attached hydrogens (tertiary/aromatic N) is 1. The van der Waals surface area contributed by atoms with Gasteiger partial charge in [0.05, 0.1) is 17.3 Å². The summed E-state index contributed by atoms with van der Waals surface area (Å²) in [5.41, 5.74) is 1.16. The van der Waals surface area contributed by atoms with Crippen molar-refractivity contribution in [1.82, 2.24) is 10.3 Å². The first-order chi connectivity index (χ1) is 7.27. The van der Waals surface area contributed by atoms with Crippen molar-refractivity contribution in [2.75, 3.05) is 20.3 Å². The maximum absolute atomic E-state index is 5.04. The molecule has 0 aliphatic rings. The average molecular weight is 228 g/mol. The summed E-state index contributed by atoms with van der Waals surface area (Å²) >= 11 is 1.80. The fourth-order valence-electron chi connectivity index (χ4n) is 1.33. The van der Waals surface area contributed by atoms with Gasteiger partial charge in [-0.2, -0.15) is 0 Å². The second kappa shape index (κ2) is 6.93. The Hall–Kier alpha value is -0.450. The maximum Gasteiger partial charge on any atom is 0.0954 e. The summed E-state index contributed by atoms with van der Waals surface area (Å²) in [4.78, 5) is 5.88. The van der Waals surface area contributed by atoms with Gasteiger partial charge in [0.25, 0.3) is 0 Å². The SMILES string of the molecule is CCCNCc1sc(CCOC)nc1C. The third-order valence-corrected chi connectivity index (χ3v) is 3.39. The first-order valence-electron chi connectivity index (χ1n) is 5.42. The number of aromatic nitrogens is 1.